The lowest BCUT2D eigenvalue weighted by atomic mass is 9.93. The lowest BCUT2D eigenvalue weighted by molar-refractivity contribution is 0.103. The van der Waals surface area contributed by atoms with Gasteiger partial charge in [-0.1, -0.05) is 63.9 Å². The molecule has 24 heavy (non-hydrogen) atoms. The molecule has 2 radical (unpaired) electrons. The maximum Gasteiger partial charge on any atom is 0.193 e. The minimum Gasteiger partial charge on any atom is -0.289 e. The van der Waals surface area contributed by atoms with Crippen molar-refractivity contribution in [2.24, 2.45) is 0 Å². The van der Waals surface area contributed by atoms with Crippen LogP contribution in [0.2, 0.25) is 0 Å². The Labute approximate surface area is 150 Å². The van der Waals surface area contributed by atoms with Crippen molar-refractivity contribution in [3.8, 4) is 0 Å². The van der Waals surface area contributed by atoms with E-state index < -0.39 is 0 Å². The predicted octanol–water partition coefficient (Wildman–Crippen LogP) is 3.70. The molecule has 0 aliphatic heterocycles. The van der Waals surface area contributed by atoms with Gasteiger partial charge in [-0.25, -0.2) is 0 Å². The lowest BCUT2D eigenvalue weighted by Crippen LogP contribution is -2.07. The summed E-state index contributed by atoms with van der Waals surface area (Å²) in [6.45, 7) is 0. The molecular weight excluding hydrogens is 363 g/mol. The van der Waals surface area contributed by atoms with Crippen LogP contribution in [0, 0.1) is 0 Å². The van der Waals surface area contributed by atoms with Crippen molar-refractivity contribution in [2.45, 2.75) is 0 Å². The predicted molar refractivity (Wildman–Crippen MR) is 99.3 cm³/mol. The number of rotatable bonds is 4. The van der Waals surface area contributed by atoms with Gasteiger partial charge in [0.2, 0.25) is 0 Å². The SMILES string of the molecule is [B]c1ccc(C(=O)c2cccc(C(=O)c3ccc(Br)cc3)c2)cc1. The summed E-state index contributed by atoms with van der Waals surface area (Å²) < 4.78 is 0.909. The molecule has 2 nitrogen and oxygen atoms in total. The smallest absolute Gasteiger partial charge is 0.193 e. The van der Waals surface area contributed by atoms with Crippen molar-refractivity contribution in [1.82, 2.24) is 0 Å². The Morgan fingerprint density at radius 1 is 0.667 bits per heavy atom. The Balaban J connectivity index is 1.91. The van der Waals surface area contributed by atoms with Crippen LogP contribution >= 0.6 is 15.9 Å². The summed E-state index contributed by atoms with van der Waals surface area (Å²) in [5, 5.41) is 0. The van der Waals surface area contributed by atoms with E-state index in [-0.39, 0.29) is 11.6 Å². The largest absolute Gasteiger partial charge is 0.289 e. The number of benzene rings is 3. The summed E-state index contributed by atoms with van der Waals surface area (Å²) in [5.41, 5.74) is 2.68. The van der Waals surface area contributed by atoms with Crippen molar-refractivity contribution in [3.05, 3.63) is 99.5 Å². The third kappa shape index (κ3) is 3.54. The molecule has 0 fully saturated rings. The first-order valence-corrected chi connectivity index (χ1v) is 8.14. The molecule has 0 aromatic heterocycles. The van der Waals surface area contributed by atoms with Gasteiger partial charge in [0.15, 0.2) is 11.6 Å². The molecule has 3 aromatic carbocycles. The zero-order valence-corrected chi connectivity index (χ0v) is 14.3. The standard InChI is InChI=1S/C20H12BBrO2/c21-17-8-4-13(5-9-17)19(23)15-2-1-3-16(12-15)20(24)14-6-10-18(22)11-7-14/h1-12H. The zero-order chi connectivity index (χ0) is 17.1. The highest BCUT2D eigenvalue weighted by molar-refractivity contribution is 9.10. The maximum absolute atomic E-state index is 12.6. The molecule has 0 saturated carbocycles. The Hall–Kier alpha value is -2.46. The minimum atomic E-state index is -0.138. The number of carbonyl (C=O) groups is 2. The molecule has 0 saturated heterocycles. The minimum absolute atomic E-state index is 0.116. The van der Waals surface area contributed by atoms with Crippen molar-refractivity contribution < 1.29 is 9.59 Å². The van der Waals surface area contributed by atoms with Gasteiger partial charge < -0.3 is 0 Å². The molecular formula is C20H12BBrO2. The molecule has 0 unspecified atom stereocenters. The van der Waals surface area contributed by atoms with Crippen molar-refractivity contribution in [2.75, 3.05) is 0 Å². The molecule has 0 aliphatic carbocycles. The van der Waals surface area contributed by atoms with E-state index in [1.54, 1.807) is 60.7 Å². The second-order valence-corrected chi connectivity index (χ2v) is 6.28. The lowest BCUT2D eigenvalue weighted by Gasteiger charge is -2.06. The van der Waals surface area contributed by atoms with E-state index in [2.05, 4.69) is 15.9 Å². The fourth-order valence-electron chi connectivity index (χ4n) is 2.37. The molecule has 0 amide bonds. The fourth-order valence-corrected chi connectivity index (χ4v) is 2.64. The molecule has 3 rings (SSSR count). The second-order valence-electron chi connectivity index (χ2n) is 5.37. The van der Waals surface area contributed by atoms with Crippen LogP contribution in [-0.4, -0.2) is 19.4 Å². The van der Waals surface area contributed by atoms with E-state index in [4.69, 9.17) is 7.85 Å². The first kappa shape index (κ1) is 16.4. The van der Waals surface area contributed by atoms with E-state index in [9.17, 15) is 9.59 Å². The number of halogens is 1. The van der Waals surface area contributed by atoms with Crippen molar-refractivity contribution >= 4 is 40.8 Å². The fraction of sp³-hybridized carbons (Fsp3) is 0. The summed E-state index contributed by atoms with van der Waals surface area (Å²) >= 11 is 3.35. The van der Waals surface area contributed by atoms with Crippen LogP contribution in [0.3, 0.4) is 0 Å². The van der Waals surface area contributed by atoms with Crippen molar-refractivity contribution in [1.29, 1.82) is 0 Å². The third-order valence-electron chi connectivity index (χ3n) is 3.67. The first-order chi connectivity index (χ1) is 11.5. The number of ketones is 2. The Bertz CT molecular complexity index is 827. The topological polar surface area (TPSA) is 34.1 Å². The van der Waals surface area contributed by atoms with Crippen LogP contribution in [0.25, 0.3) is 0 Å². The Morgan fingerprint density at radius 2 is 1.12 bits per heavy atom. The average Bonchev–Trinajstić information content (AvgIpc) is 2.62. The van der Waals surface area contributed by atoms with Gasteiger partial charge in [0.25, 0.3) is 0 Å². The first-order valence-electron chi connectivity index (χ1n) is 7.35. The molecule has 0 bridgehead atoms. The molecule has 0 spiro atoms. The summed E-state index contributed by atoms with van der Waals surface area (Å²) in [4.78, 5) is 25.1. The van der Waals surface area contributed by atoms with Crippen LogP contribution in [0.1, 0.15) is 31.8 Å². The van der Waals surface area contributed by atoms with Crippen LogP contribution in [-0.2, 0) is 0 Å². The van der Waals surface area contributed by atoms with Gasteiger partial charge in [-0.2, -0.15) is 0 Å². The molecule has 114 valence electrons. The molecule has 3 aromatic rings. The molecule has 0 aliphatic rings. The monoisotopic (exact) mass is 374 g/mol. The number of carbonyl (C=O) groups excluding carboxylic acids is 2. The van der Waals surface area contributed by atoms with Crippen LogP contribution in [0.4, 0.5) is 0 Å². The quantitative estimate of drug-likeness (QED) is 0.515. The third-order valence-corrected chi connectivity index (χ3v) is 4.19. The van der Waals surface area contributed by atoms with Crippen molar-refractivity contribution in [3.63, 3.8) is 0 Å². The molecule has 0 N–H and O–H groups in total. The van der Waals surface area contributed by atoms with E-state index >= 15 is 0 Å². The van der Waals surface area contributed by atoms with Gasteiger partial charge in [-0.05, 0) is 30.3 Å². The molecule has 0 heterocycles. The summed E-state index contributed by atoms with van der Waals surface area (Å²) in [6.07, 6.45) is 0. The average molecular weight is 375 g/mol. The maximum atomic E-state index is 12.6. The van der Waals surface area contributed by atoms with Gasteiger partial charge >= 0.3 is 0 Å². The number of hydrogen-bond donors (Lipinski definition) is 0. The second kappa shape index (κ2) is 6.97. The highest BCUT2D eigenvalue weighted by atomic mass is 79.9. The molecule has 0 atom stereocenters. The Morgan fingerprint density at radius 3 is 1.62 bits per heavy atom. The van der Waals surface area contributed by atoms with Crippen LogP contribution in [0.5, 0.6) is 0 Å². The van der Waals surface area contributed by atoms with E-state index in [0.717, 1.165) is 4.47 Å². The van der Waals surface area contributed by atoms with E-state index in [1.165, 1.54) is 0 Å². The number of hydrogen-bond acceptors (Lipinski definition) is 2. The Kier molecular flexibility index (Phi) is 4.77. The summed E-state index contributed by atoms with van der Waals surface area (Å²) in [5.74, 6) is -0.255. The normalized spacial score (nSPS) is 10.4. The van der Waals surface area contributed by atoms with Gasteiger partial charge in [0.1, 0.15) is 7.85 Å². The van der Waals surface area contributed by atoms with Crippen LogP contribution < -0.4 is 5.46 Å². The van der Waals surface area contributed by atoms with Gasteiger partial charge in [0, 0.05) is 26.7 Å². The highest BCUT2D eigenvalue weighted by Gasteiger charge is 2.13. The van der Waals surface area contributed by atoms with Gasteiger partial charge in [-0.3, -0.25) is 9.59 Å². The van der Waals surface area contributed by atoms with E-state index in [1.807, 2.05) is 12.1 Å². The van der Waals surface area contributed by atoms with Gasteiger partial charge in [-0.15, -0.1) is 0 Å². The van der Waals surface area contributed by atoms with Crippen LogP contribution in [0.15, 0.2) is 77.3 Å². The summed E-state index contributed by atoms with van der Waals surface area (Å²) in [7, 11) is 5.65. The highest BCUT2D eigenvalue weighted by Crippen LogP contribution is 2.17. The zero-order valence-electron chi connectivity index (χ0n) is 12.7. The van der Waals surface area contributed by atoms with Gasteiger partial charge in [0.05, 0.1) is 0 Å². The summed E-state index contributed by atoms with van der Waals surface area (Å²) in [6, 6.07) is 20.6. The molecule has 4 heteroatoms. The van der Waals surface area contributed by atoms with E-state index in [0.29, 0.717) is 27.7 Å².